The lowest BCUT2D eigenvalue weighted by Gasteiger charge is -2.09. The number of aryl methyl sites for hydroxylation is 1. The van der Waals surface area contributed by atoms with Crippen LogP contribution in [0, 0.1) is 12.7 Å². The first-order valence-corrected chi connectivity index (χ1v) is 6.52. The van der Waals surface area contributed by atoms with E-state index in [4.69, 9.17) is 5.73 Å². The Bertz CT molecular complexity index is 654. The number of carbonyl (C=O) groups is 1. The molecule has 0 radical (unpaired) electrons. The van der Waals surface area contributed by atoms with E-state index in [1.807, 2.05) is 6.92 Å². The lowest BCUT2D eigenvalue weighted by atomic mass is 10.1. The molecule has 1 aromatic heterocycles. The van der Waals surface area contributed by atoms with Crippen molar-refractivity contribution in [3.63, 3.8) is 0 Å². The maximum atomic E-state index is 13.1. The van der Waals surface area contributed by atoms with Crippen molar-refractivity contribution in [2.75, 3.05) is 13.7 Å². The number of esters is 1. The summed E-state index contributed by atoms with van der Waals surface area (Å²) in [4.78, 5) is 11.7. The van der Waals surface area contributed by atoms with Crippen molar-refractivity contribution < 1.29 is 13.9 Å². The summed E-state index contributed by atoms with van der Waals surface area (Å²) in [5, 5.41) is 7.84. The molecule has 6 nitrogen and oxygen atoms in total. The molecule has 0 spiro atoms. The van der Waals surface area contributed by atoms with Gasteiger partial charge in [-0.05, 0) is 36.7 Å². The highest BCUT2D eigenvalue weighted by molar-refractivity contribution is 5.88. The van der Waals surface area contributed by atoms with Gasteiger partial charge >= 0.3 is 5.97 Å². The minimum atomic E-state index is -0.541. The van der Waals surface area contributed by atoms with Crippen LogP contribution in [0.15, 0.2) is 18.2 Å². The fourth-order valence-electron chi connectivity index (χ4n) is 2.10. The van der Waals surface area contributed by atoms with E-state index in [1.54, 1.807) is 10.7 Å². The largest absolute Gasteiger partial charge is 0.464 e. The molecule has 7 heteroatoms. The average Bonchev–Trinajstić information content (AvgIpc) is 2.84. The summed E-state index contributed by atoms with van der Waals surface area (Å²) in [6, 6.07) is 4.54. The van der Waals surface area contributed by atoms with Crippen LogP contribution in [0.3, 0.4) is 0 Å². The van der Waals surface area contributed by atoms with E-state index in [2.05, 4.69) is 15.0 Å². The zero-order chi connectivity index (χ0) is 15.4. The normalized spacial score (nSPS) is 10.7. The number of hydrogen-bond donors (Lipinski definition) is 1. The molecule has 0 fully saturated rings. The lowest BCUT2D eigenvalue weighted by Crippen LogP contribution is -2.15. The number of rotatable bonds is 5. The van der Waals surface area contributed by atoms with Crippen molar-refractivity contribution in [2.24, 2.45) is 5.73 Å². The van der Waals surface area contributed by atoms with Crippen LogP contribution in [0.4, 0.5) is 4.39 Å². The molecule has 2 rings (SSSR count). The van der Waals surface area contributed by atoms with Crippen LogP contribution in [-0.2, 0) is 17.7 Å². The van der Waals surface area contributed by atoms with Crippen LogP contribution in [0.2, 0.25) is 0 Å². The molecule has 0 aliphatic rings. The summed E-state index contributed by atoms with van der Waals surface area (Å²) in [6.45, 7) is 2.57. The molecule has 0 unspecified atom stereocenters. The molecule has 0 saturated heterocycles. The van der Waals surface area contributed by atoms with E-state index < -0.39 is 5.97 Å². The standard InChI is InChI=1S/C14H17FN4O2/c1-9-7-11(15)4-3-10(9)8-19-12(5-6-16)13(17-18-19)14(20)21-2/h3-4,7H,5-6,8,16H2,1-2H3. The first-order valence-electron chi connectivity index (χ1n) is 6.52. The van der Waals surface area contributed by atoms with E-state index in [0.29, 0.717) is 25.2 Å². The summed E-state index contributed by atoms with van der Waals surface area (Å²) in [5.74, 6) is -0.826. The third kappa shape index (κ3) is 3.25. The molecule has 112 valence electrons. The zero-order valence-electron chi connectivity index (χ0n) is 12.0. The van der Waals surface area contributed by atoms with Crippen LogP contribution >= 0.6 is 0 Å². The first kappa shape index (κ1) is 15.1. The van der Waals surface area contributed by atoms with Crippen molar-refractivity contribution in [3.8, 4) is 0 Å². The summed E-state index contributed by atoms with van der Waals surface area (Å²) < 4.78 is 19.4. The molecule has 2 N–H and O–H groups in total. The van der Waals surface area contributed by atoms with E-state index >= 15 is 0 Å². The Labute approximate surface area is 121 Å². The van der Waals surface area contributed by atoms with Crippen LogP contribution < -0.4 is 5.73 Å². The molecule has 1 aromatic carbocycles. The molecule has 0 saturated carbocycles. The van der Waals surface area contributed by atoms with E-state index in [1.165, 1.54) is 19.2 Å². The SMILES string of the molecule is COC(=O)c1nnn(Cc2ccc(F)cc2C)c1CCN. The number of ether oxygens (including phenoxy) is 1. The van der Waals surface area contributed by atoms with Crippen LogP contribution in [0.5, 0.6) is 0 Å². The molecule has 0 atom stereocenters. The molecule has 0 aliphatic carbocycles. The van der Waals surface area contributed by atoms with Gasteiger partial charge < -0.3 is 10.5 Å². The van der Waals surface area contributed by atoms with Crippen LogP contribution in [0.25, 0.3) is 0 Å². The molecule has 21 heavy (non-hydrogen) atoms. The molecular formula is C14H17FN4O2. The molecular weight excluding hydrogens is 275 g/mol. The topological polar surface area (TPSA) is 83.0 Å². The minimum Gasteiger partial charge on any atom is -0.464 e. The number of methoxy groups -OCH3 is 1. The van der Waals surface area contributed by atoms with Crippen LogP contribution in [0.1, 0.15) is 27.3 Å². The fourth-order valence-corrected chi connectivity index (χ4v) is 2.10. The van der Waals surface area contributed by atoms with Gasteiger partial charge in [-0.3, -0.25) is 0 Å². The Morgan fingerprint density at radius 2 is 2.24 bits per heavy atom. The summed E-state index contributed by atoms with van der Waals surface area (Å²) in [6.07, 6.45) is 0.456. The Hall–Kier alpha value is -2.28. The number of aromatic nitrogens is 3. The Morgan fingerprint density at radius 3 is 2.86 bits per heavy atom. The number of halogens is 1. The van der Waals surface area contributed by atoms with Crippen molar-refractivity contribution in [3.05, 3.63) is 46.5 Å². The van der Waals surface area contributed by atoms with E-state index in [-0.39, 0.29) is 11.5 Å². The highest BCUT2D eigenvalue weighted by Crippen LogP contribution is 2.14. The summed E-state index contributed by atoms with van der Waals surface area (Å²) >= 11 is 0. The highest BCUT2D eigenvalue weighted by atomic mass is 19.1. The molecule has 0 amide bonds. The smallest absolute Gasteiger partial charge is 0.360 e. The van der Waals surface area contributed by atoms with Gasteiger partial charge in [0.15, 0.2) is 5.69 Å². The van der Waals surface area contributed by atoms with Gasteiger partial charge in [0.1, 0.15) is 5.82 Å². The van der Waals surface area contributed by atoms with Gasteiger partial charge in [-0.15, -0.1) is 5.10 Å². The van der Waals surface area contributed by atoms with Crippen molar-refractivity contribution in [1.29, 1.82) is 0 Å². The second kappa shape index (κ2) is 6.45. The maximum Gasteiger partial charge on any atom is 0.360 e. The molecule has 0 aliphatic heterocycles. The summed E-state index contributed by atoms with van der Waals surface area (Å²) in [5.41, 5.74) is 8.07. The number of hydrogen-bond acceptors (Lipinski definition) is 5. The van der Waals surface area contributed by atoms with Crippen molar-refractivity contribution in [2.45, 2.75) is 19.9 Å². The number of nitrogens with two attached hydrogens (primary N) is 1. The Morgan fingerprint density at radius 1 is 1.48 bits per heavy atom. The van der Waals surface area contributed by atoms with Gasteiger partial charge in [0, 0.05) is 6.42 Å². The highest BCUT2D eigenvalue weighted by Gasteiger charge is 2.20. The second-order valence-corrected chi connectivity index (χ2v) is 4.64. The van der Waals surface area contributed by atoms with Gasteiger partial charge in [-0.25, -0.2) is 13.9 Å². The second-order valence-electron chi connectivity index (χ2n) is 4.64. The predicted molar refractivity (Wildman–Crippen MR) is 74.4 cm³/mol. The van der Waals surface area contributed by atoms with Crippen molar-refractivity contribution in [1.82, 2.24) is 15.0 Å². The van der Waals surface area contributed by atoms with Gasteiger partial charge in [-0.2, -0.15) is 0 Å². The third-order valence-corrected chi connectivity index (χ3v) is 3.22. The van der Waals surface area contributed by atoms with Crippen LogP contribution in [-0.4, -0.2) is 34.6 Å². The molecule has 0 bridgehead atoms. The minimum absolute atomic E-state index is 0.169. The average molecular weight is 292 g/mol. The van der Waals surface area contributed by atoms with Gasteiger partial charge in [0.25, 0.3) is 0 Å². The fraction of sp³-hybridized carbons (Fsp3) is 0.357. The maximum absolute atomic E-state index is 13.1. The first-order chi connectivity index (χ1) is 10.1. The monoisotopic (exact) mass is 292 g/mol. The summed E-state index contributed by atoms with van der Waals surface area (Å²) in [7, 11) is 1.29. The predicted octanol–water partition coefficient (Wildman–Crippen LogP) is 1.06. The number of nitrogens with zero attached hydrogens (tertiary/aromatic N) is 3. The molecule has 1 heterocycles. The van der Waals surface area contributed by atoms with E-state index in [0.717, 1.165) is 11.1 Å². The Balaban J connectivity index is 2.35. The van der Waals surface area contributed by atoms with Crippen molar-refractivity contribution >= 4 is 5.97 Å². The number of carbonyl (C=O) groups excluding carboxylic acids is 1. The van der Waals surface area contributed by atoms with E-state index in [9.17, 15) is 9.18 Å². The van der Waals surface area contributed by atoms with Gasteiger partial charge in [0.2, 0.25) is 0 Å². The Kier molecular flexibility index (Phi) is 4.64. The molecule has 2 aromatic rings. The van der Waals surface area contributed by atoms with Gasteiger partial charge in [0.05, 0.1) is 19.3 Å². The third-order valence-electron chi connectivity index (χ3n) is 3.22. The lowest BCUT2D eigenvalue weighted by molar-refractivity contribution is 0.0592. The quantitative estimate of drug-likeness (QED) is 0.833. The van der Waals surface area contributed by atoms with Gasteiger partial charge in [-0.1, -0.05) is 11.3 Å². The number of benzene rings is 1. The zero-order valence-corrected chi connectivity index (χ0v) is 12.0.